The Morgan fingerprint density at radius 1 is 0.400 bits per heavy atom. The molecule has 3 aromatic rings. The van der Waals surface area contributed by atoms with Gasteiger partial charge in [-0.15, -0.1) is 0 Å². The van der Waals surface area contributed by atoms with Crippen LogP contribution in [0.1, 0.15) is 111 Å². The van der Waals surface area contributed by atoms with Crippen molar-refractivity contribution in [2.24, 2.45) is 0 Å². The van der Waals surface area contributed by atoms with Crippen LogP contribution in [-0.4, -0.2) is 9.97 Å². The minimum Gasteiger partial charge on any atom is -0.233 e. The van der Waals surface area contributed by atoms with E-state index in [0.717, 1.165) is 28.3 Å². The maximum atomic E-state index is 4.91. The van der Waals surface area contributed by atoms with Gasteiger partial charge < -0.3 is 0 Å². The molecule has 0 radical (unpaired) electrons. The summed E-state index contributed by atoms with van der Waals surface area (Å²) in [6.45, 7) is 29.4. The van der Waals surface area contributed by atoms with Crippen molar-refractivity contribution in [3.63, 3.8) is 0 Å². The van der Waals surface area contributed by atoms with Crippen LogP contribution in [-0.2, 0) is 21.7 Å². The molecule has 3 rings (SSSR count). The summed E-state index contributed by atoms with van der Waals surface area (Å²) in [6.07, 6.45) is 0. The molecule has 0 aliphatic heterocycles. The molecule has 1 heterocycles. The fraction of sp³-hybridized carbons (Fsp3) is 0.515. The minimum atomic E-state index is 0.0591. The number of nitrogens with zero attached hydrogens (tertiary/aromatic N) is 2. The Hall–Kier alpha value is -2.48. The van der Waals surface area contributed by atoms with Gasteiger partial charge in [-0.2, -0.15) is 0 Å². The Kier molecular flexibility index (Phi) is 6.87. The summed E-state index contributed by atoms with van der Waals surface area (Å²) in [7, 11) is 0. The van der Waals surface area contributed by atoms with E-state index in [1.54, 1.807) is 0 Å². The summed E-state index contributed by atoms with van der Waals surface area (Å²) in [6, 6.07) is 16.1. The quantitative estimate of drug-likeness (QED) is 0.373. The Morgan fingerprint density at radius 2 is 0.657 bits per heavy atom. The highest BCUT2D eigenvalue weighted by Crippen LogP contribution is 2.36. The van der Waals surface area contributed by atoms with Crippen LogP contribution >= 0.6 is 0 Å². The Bertz CT molecular complexity index is 1060. The highest BCUT2D eigenvalue weighted by atomic mass is 14.9. The predicted octanol–water partition coefficient (Wildman–Crippen LogP) is 9.31. The van der Waals surface area contributed by atoms with E-state index >= 15 is 0 Å². The van der Waals surface area contributed by atoms with Crippen LogP contribution in [0.25, 0.3) is 22.5 Å². The van der Waals surface area contributed by atoms with Crippen LogP contribution < -0.4 is 0 Å². The molecule has 0 fully saturated rings. The maximum Gasteiger partial charge on any atom is 0.126 e. The van der Waals surface area contributed by atoms with Crippen LogP contribution in [0, 0.1) is 6.92 Å². The van der Waals surface area contributed by atoms with E-state index in [4.69, 9.17) is 9.97 Å². The summed E-state index contributed by atoms with van der Waals surface area (Å²) < 4.78 is 0. The van der Waals surface area contributed by atoms with E-state index in [9.17, 15) is 0 Å². The highest BCUT2D eigenvalue weighted by molar-refractivity contribution is 5.70. The predicted molar refractivity (Wildman–Crippen MR) is 152 cm³/mol. The van der Waals surface area contributed by atoms with Crippen LogP contribution in [0.4, 0.5) is 0 Å². The van der Waals surface area contributed by atoms with E-state index < -0.39 is 0 Å². The van der Waals surface area contributed by atoms with Gasteiger partial charge in [0.2, 0.25) is 0 Å². The lowest BCUT2D eigenvalue weighted by atomic mass is 9.79. The van der Waals surface area contributed by atoms with E-state index in [0.29, 0.717) is 0 Å². The molecule has 0 aliphatic carbocycles. The van der Waals surface area contributed by atoms with Gasteiger partial charge in [0.05, 0.1) is 11.4 Å². The highest BCUT2D eigenvalue weighted by Gasteiger charge is 2.23. The zero-order chi connectivity index (χ0) is 26.6. The number of aromatic nitrogens is 2. The molecular formula is C33H46N2. The van der Waals surface area contributed by atoms with E-state index in [1.165, 1.54) is 22.3 Å². The SMILES string of the molecule is Cc1nc(-c2cc(C(C)(C)C)cc(C(C)(C)C)c2)cc(-c2cc(C(C)(C)C)cc(C(C)(C)C)c2)n1. The van der Waals surface area contributed by atoms with Gasteiger partial charge in [-0.05, 0) is 81.2 Å². The molecule has 0 atom stereocenters. The first kappa shape index (κ1) is 27.1. The van der Waals surface area contributed by atoms with Gasteiger partial charge in [0.25, 0.3) is 0 Å². The Balaban J connectivity index is 2.27. The molecular weight excluding hydrogens is 424 g/mol. The van der Waals surface area contributed by atoms with Crippen molar-refractivity contribution in [1.82, 2.24) is 9.97 Å². The van der Waals surface area contributed by atoms with Crippen LogP contribution in [0.3, 0.4) is 0 Å². The minimum absolute atomic E-state index is 0.0591. The molecule has 0 spiro atoms. The molecule has 0 bridgehead atoms. The van der Waals surface area contributed by atoms with Crippen LogP contribution in [0.2, 0.25) is 0 Å². The van der Waals surface area contributed by atoms with Crippen LogP contribution in [0.5, 0.6) is 0 Å². The van der Waals surface area contributed by atoms with Gasteiger partial charge in [-0.1, -0.05) is 95.2 Å². The monoisotopic (exact) mass is 470 g/mol. The molecule has 0 N–H and O–H groups in total. The smallest absolute Gasteiger partial charge is 0.126 e. The number of hydrogen-bond donors (Lipinski definition) is 0. The summed E-state index contributed by atoms with van der Waals surface area (Å²) in [5.41, 5.74) is 9.88. The number of hydrogen-bond acceptors (Lipinski definition) is 2. The first-order valence-electron chi connectivity index (χ1n) is 12.9. The van der Waals surface area contributed by atoms with Crippen LogP contribution in [0.15, 0.2) is 42.5 Å². The van der Waals surface area contributed by atoms with Gasteiger partial charge in [0.15, 0.2) is 0 Å². The second-order valence-electron chi connectivity index (χ2n) is 14.3. The molecule has 0 aliphatic rings. The molecule has 35 heavy (non-hydrogen) atoms. The summed E-state index contributed by atoms with van der Waals surface area (Å²) >= 11 is 0. The van der Waals surface area contributed by atoms with Crippen molar-refractivity contribution in [3.8, 4) is 22.5 Å². The number of rotatable bonds is 2. The first-order chi connectivity index (χ1) is 15.7. The molecule has 2 nitrogen and oxygen atoms in total. The fourth-order valence-corrected chi connectivity index (χ4v) is 4.15. The zero-order valence-corrected chi connectivity index (χ0v) is 24.4. The normalized spacial score (nSPS) is 13.3. The standard InChI is InChI=1S/C33H46N2/c1-21-34-28(22-14-24(30(2,3)4)18-25(15-22)31(5,6)7)20-29(35-21)23-16-26(32(8,9)10)19-27(17-23)33(11,12)13/h14-20H,1-13H3. The first-order valence-corrected chi connectivity index (χ1v) is 12.9. The van der Waals surface area contributed by atoms with E-state index in [1.807, 2.05) is 6.92 Å². The van der Waals surface area contributed by atoms with Crippen molar-refractivity contribution in [2.45, 2.75) is 112 Å². The number of aryl methyl sites for hydroxylation is 1. The third kappa shape index (κ3) is 6.40. The summed E-state index contributed by atoms with van der Waals surface area (Å²) in [4.78, 5) is 9.81. The topological polar surface area (TPSA) is 25.8 Å². The molecule has 0 unspecified atom stereocenters. The van der Waals surface area contributed by atoms with E-state index in [-0.39, 0.29) is 21.7 Å². The molecule has 2 aromatic carbocycles. The molecule has 2 heteroatoms. The van der Waals surface area contributed by atoms with Crippen molar-refractivity contribution in [2.75, 3.05) is 0 Å². The van der Waals surface area contributed by atoms with E-state index in [2.05, 4.69) is 126 Å². The molecule has 0 saturated heterocycles. The summed E-state index contributed by atoms with van der Waals surface area (Å²) in [5, 5.41) is 0. The van der Waals surface area contributed by atoms with Gasteiger partial charge in [-0.25, -0.2) is 9.97 Å². The lowest BCUT2D eigenvalue weighted by Crippen LogP contribution is -2.17. The largest absolute Gasteiger partial charge is 0.233 e. The lowest BCUT2D eigenvalue weighted by molar-refractivity contribution is 0.568. The molecule has 188 valence electrons. The van der Waals surface area contributed by atoms with Crippen molar-refractivity contribution >= 4 is 0 Å². The van der Waals surface area contributed by atoms with Crippen molar-refractivity contribution < 1.29 is 0 Å². The Labute approximate surface area is 214 Å². The maximum absolute atomic E-state index is 4.91. The summed E-state index contributed by atoms with van der Waals surface area (Å²) in [5.74, 6) is 0.800. The van der Waals surface area contributed by atoms with Crippen molar-refractivity contribution in [1.29, 1.82) is 0 Å². The van der Waals surface area contributed by atoms with Gasteiger partial charge in [0, 0.05) is 11.1 Å². The second kappa shape index (κ2) is 8.87. The molecule has 1 aromatic heterocycles. The average Bonchev–Trinajstić information content (AvgIpc) is 2.70. The van der Waals surface area contributed by atoms with Gasteiger partial charge in [0.1, 0.15) is 5.82 Å². The lowest BCUT2D eigenvalue weighted by Gasteiger charge is -2.27. The van der Waals surface area contributed by atoms with Gasteiger partial charge in [-0.3, -0.25) is 0 Å². The van der Waals surface area contributed by atoms with Crippen molar-refractivity contribution in [3.05, 3.63) is 70.5 Å². The third-order valence-corrected chi connectivity index (χ3v) is 6.76. The molecule has 0 amide bonds. The fourth-order valence-electron chi connectivity index (χ4n) is 4.15. The average molecular weight is 471 g/mol. The third-order valence-electron chi connectivity index (χ3n) is 6.76. The molecule has 0 saturated carbocycles. The number of benzene rings is 2. The second-order valence-corrected chi connectivity index (χ2v) is 14.3. The zero-order valence-electron chi connectivity index (χ0n) is 24.4. The van der Waals surface area contributed by atoms with Gasteiger partial charge >= 0.3 is 0 Å². The Morgan fingerprint density at radius 3 is 0.886 bits per heavy atom.